The van der Waals surface area contributed by atoms with Crippen LogP contribution in [0.3, 0.4) is 0 Å². The Hall–Kier alpha value is -4.61. The quantitative estimate of drug-likeness (QED) is 0.140. The molecule has 14 nitrogen and oxygen atoms in total. The fraction of sp³-hybridized carbons (Fsp3) is 0.455. The van der Waals surface area contributed by atoms with Crippen molar-refractivity contribution < 1.29 is 31.5 Å². The first-order valence-corrected chi connectivity index (χ1v) is 18.1. The van der Waals surface area contributed by atoms with Crippen molar-refractivity contribution in [3.8, 4) is 17.3 Å². The number of likely N-dealkylation sites (N-methyl/N-ethyl adjacent to an activating group) is 1. The third kappa shape index (κ3) is 7.29. The van der Waals surface area contributed by atoms with E-state index >= 15 is 0 Å². The molecular formula is C33H41F2N9O5S. The first-order valence-electron chi connectivity index (χ1n) is 16.2. The van der Waals surface area contributed by atoms with E-state index in [1.165, 1.54) is 19.3 Å². The minimum absolute atomic E-state index is 0.00830. The molecule has 6 rings (SSSR count). The predicted octanol–water partition coefficient (Wildman–Crippen LogP) is 2.30. The van der Waals surface area contributed by atoms with E-state index in [-0.39, 0.29) is 34.0 Å². The van der Waals surface area contributed by atoms with Crippen LogP contribution in [0.15, 0.2) is 42.5 Å². The van der Waals surface area contributed by atoms with E-state index in [1.54, 1.807) is 24.3 Å². The Labute approximate surface area is 288 Å². The topological polar surface area (TPSA) is 156 Å². The summed E-state index contributed by atoms with van der Waals surface area (Å²) in [5, 5.41) is 9.84. The number of ether oxygens (including phenoxy) is 1. The zero-order valence-electron chi connectivity index (χ0n) is 28.5. The SMILES string of the molecule is COc1cc(C(=O)N[C@@H]2CNC[C@H]2NC(=O)/C=C/CN(C)C)cc2nc(-c3cc4ccc(N(C(F)F)S(C)(=O)=O)nc4n3CC3CC3)n(C)c12. The van der Waals surface area contributed by atoms with Crippen LogP contribution in [-0.2, 0) is 28.4 Å². The number of imidazole rings is 1. The lowest BCUT2D eigenvalue weighted by Crippen LogP contribution is -2.50. The number of pyridine rings is 1. The summed E-state index contributed by atoms with van der Waals surface area (Å²) in [6, 6.07) is 7.34. The molecule has 3 N–H and O–H groups in total. The molecule has 268 valence electrons. The van der Waals surface area contributed by atoms with Gasteiger partial charge in [0.1, 0.15) is 22.7 Å². The number of sulfonamides is 1. The summed E-state index contributed by atoms with van der Waals surface area (Å²) in [7, 11) is 2.84. The zero-order valence-corrected chi connectivity index (χ0v) is 29.3. The molecule has 0 bridgehead atoms. The molecule has 4 heterocycles. The number of nitrogens with zero attached hydrogens (tertiary/aromatic N) is 6. The van der Waals surface area contributed by atoms with Gasteiger partial charge in [-0.15, -0.1) is 0 Å². The third-order valence-electron chi connectivity index (χ3n) is 8.87. The van der Waals surface area contributed by atoms with Crippen molar-refractivity contribution in [1.29, 1.82) is 0 Å². The van der Waals surface area contributed by atoms with Crippen LogP contribution in [0.2, 0.25) is 0 Å². The van der Waals surface area contributed by atoms with Crippen LogP contribution in [0.1, 0.15) is 23.2 Å². The Balaban J connectivity index is 1.33. The van der Waals surface area contributed by atoms with E-state index in [9.17, 15) is 26.8 Å². The maximum atomic E-state index is 13.9. The number of benzene rings is 1. The molecule has 2 amide bonds. The maximum Gasteiger partial charge on any atom is 0.329 e. The minimum Gasteiger partial charge on any atom is -0.494 e. The number of nitrogens with one attached hydrogen (secondary N) is 3. The molecule has 1 aliphatic carbocycles. The number of alkyl halides is 2. The fourth-order valence-corrected chi connectivity index (χ4v) is 6.98. The number of methoxy groups -OCH3 is 1. The molecule has 17 heteroatoms. The monoisotopic (exact) mass is 713 g/mol. The van der Waals surface area contributed by atoms with Gasteiger partial charge in [-0.25, -0.2) is 18.4 Å². The van der Waals surface area contributed by atoms with Crippen molar-refractivity contribution in [3.05, 3.63) is 48.0 Å². The standard InChI is InChI=1S/C33H41F2N9O5S/c1-41(2)12-6-7-28(45)37-23-16-36-17-24(23)39-32(46)21-13-22-29(26(15-21)49-4)42(3)31(38-22)25-14-20-10-11-27(44(33(34)35)50(5,47)48)40-30(20)43(25)18-19-8-9-19/h6-7,10-11,13-15,19,23-24,33,36H,8-9,12,16-18H2,1-5H3,(H,37,45)(H,39,46)/b7-6+/t23-,24-/m1/s1. The average Bonchev–Trinajstić information content (AvgIpc) is 3.52. The highest BCUT2D eigenvalue weighted by atomic mass is 32.2. The third-order valence-corrected chi connectivity index (χ3v) is 9.93. The second-order valence-electron chi connectivity index (χ2n) is 13.1. The van der Waals surface area contributed by atoms with Gasteiger partial charge in [0.2, 0.25) is 15.9 Å². The maximum absolute atomic E-state index is 13.9. The Morgan fingerprint density at radius 1 is 1.12 bits per heavy atom. The highest BCUT2D eigenvalue weighted by Crippen LogP contribution is 2.38. The molecule has 1 aliphatic heterocycles. The number of hydrogen-bond donors (Lipinski definition) is 3. The first kappa shape index (κ1) is 35.2. The normalized spacial score (nSPS) is 18.2. The second-order valence-corrected chi connectivity index (χ2v) is 14.9. The van der Waals surface area contributed by atoms with Gasteiger partial charge in [0.15, 0.2) is 5.82 Å². The van der Waals surface area contributed by atoms with E-state index in [0.29, 0.717) is 83.3 Å². The van der Waals surface area contributed by atoms with Gasteiger partial charge in [0, 0.05) is 50.3 Å². The van der Waals surface area contributed by atoms with Gasteiger partial charge in [0.25, 0.3) is 5.91 Å². The largest absolute Gasteiger partial charge is 0.494 e. The van der Waals surface area contributed by atoms with Crippen molar-refractivity contribution in [3.63, 3.8) is 0 Å². The highest BCUT2D eigenvalue weighted by Gasteiger charge is 2.32. The van der Waals surface area contributed by atoms with Crippen molar-refractivity contribution in [1.82, 2.24) is 40.0 Å². The van der Waals surface area contributed by atoms with Gasteiger partial charge in [-0.2, -0.15) is 13.1 Å². The molecule has 50 heavy (non-hydrogen) atoms. The number of carbonyl (C=O) groups excluding carboxylic acids is 2. The van der Waals surface area contributed by atoms with Gasteiger partial charge in [-0.05, 0) is 63.2 Å². The number of halogens is 2. The Bertz CT molecular complexity index is 2070. The molecule has 2 atom stereocenters. The van der Waals surface area contributed by atoms with Crippen LogP contribution in [-0.4, -0.2) is 110 Å². The van der Waals surface area contributed by atoms with Gasteiger partial charge in [-0.3, -0.25) is 9.59 Å². The van der Waals surface area contributed by atoms with Crippen LogP contribution in [0, 0.1) is 5.92 Å². The molecule has 1 aromatic carbocycles. The van der Waals surface area contributed by atoms with Gasteiger partial charge < -0.3 is 34.7 Å². The van der Waals surface area contributed by atoms with E-state index in [4.69, 9.17) is 9.72 Å². The summed E-state index contributed by atoms with van der Waals surface area (Å²) in [6.07, 6.45) is 5.96. The van der Waals surface area contributed by atoms with Crippen molar-refractivity contribution in [2.75, 3.05) is 51.4 Å². The number of anilines is 1. The predicted molar refractivity (Wildman–Crippen MR) is 186 cm³/mol. The molecule has 1 saturated heterocycles. The number of aromatic nitrogens is 4. The summed E-state index contributed by atoms with van der Waals surface area (Å²) < 4.78 is 61.7. The first-order chi connectivity index (χ1) is 23.7. The van der Waals surface area contributed by atoms with Crippen LogP contribution < -0.4 is 25.0 Å². The zero-order chi connectivity index (χ0) is 35.9. The highest BCUT2D eigenvalue weighted by molar-refractivity contribution is 7.92. The number of rotatable bonds is 13. The van der Waals surface area contributed by atoms with Crippen molar-refractivity contribution in [2.45, 2.75) is 38.0 Å². The number of amides is 2. The number of fused-ring (bicyclic) bond motifs is 2. The summed E-state index contributed by atoms with van der Waals surface area (Å²) >= 11 is 0. The lowest BCUT2D eigenvalue weighted by molar-refractivity contribution is -0.117. The summed E-state index contributed by atoms with van der Waals surface area (Å²) in [5.74, 6) is 0.316. The lowest BCUT2D eigenvalue weighted by atomic mass is 10.1. The number of aryl methyl sites for hydroxylation is 1. The molecule has 2 fully saturated rings. The average molecular weight is 714 g/mol. The Kier molecular flexibility index (Phi) is 9.83. The number of hydrogen-bond acceptors (Lipinski definition) is 9. The Morgan fingerprint density at radius 3 is 2.48 bits per heavy atom. The molecule has 0 unspecified atom stereocenters. The van der Waals surface area contributed by atoms with Gasteiger partial charge in [0.05, 0.1) is 36.7 Å². The van der Waals surface area contributed by atoms with E-state index in [0.717, 1.165) is 12.8 Å². The van der Waals surface area contributed by atoms with E-state index in [2.05, 4.69) is 20.9 Å². The van der Waals surface area contributed by atoms with Crippen LogP contribution in [0.5, 0.6) is 5.75 Å². The lowest BCUT2D eigenvalue weighted by Gasteiger charge is -2.21. The molecule has 0 radical (unpaired) electrons. The Morgan fingerprint density at radius 2 is 1.84 bits per heavy atom. The smallest absolute Gasteiger partial charge is 0.329 e. The van der Waals surface area contributed by atoms with Crippen LogP contribution in [0.25, 0.3) is 33.6 Å². The summed E-state index contributed by atoms with van der Waals surface area (Å²) in [5.41, 5.74) is 2.46. The minimum atomic E-state index is -4.30. The molecule has 1 saturated carbocycles. The number of carbonyl (C=O) groups is 2. The van der Waals surface area contributed by atoms with E-state index in [1.807, 2.05) is 41.2 Å². The van der Waals surface area contributed by atoms with E-state index < -0.39 is 16.6 Å². The molecule has 0 spiro atoms. The fourth-order valence-electron chi connectivity index (χ4n) is 6.24. The molecular weight excluding hydrogens is 672 g/mol. The molecule has 2 aliphatic rings. The van der Waals surface area contributed by atoms with Crippen molar-refractivity contribution in [2.24, 2.45) is 13.0 Å². The van der Waals surface area contributed by atoms with Gasteiger partial charge in [-0.1, -0.05) is 6.08 Å². The van der Waals surface area contributed by atoms with Gasteiger partial charge >= 0.3 is 6.55 Å². The van der Waals surface area contributed by atoms with Crippen LogP contribution >= 0.6 is 0 Å². The summed E-state index contributed by atoms with van der Waals surface area (Å²) in [6.45, 7) is -1.16. The molecule has 3 aromatic heterocycles. The van der Waals surface area contributed by atoms with Crippen molar-refractivity contribution >= 4 is 49.7 Å². The van der Waals surface area contributed by atoms with Crippen LogP contribution in [0.4, 0.5) is 14.6 Å². The molecule has 4 aromatic rings. The second kappa shape index (κ2) is 14.0. The summed E-state index contributed by atoms with van der Waals surface area (Å²) in [4.78, 5) is 37.3.